The van der Waals surface area contributed by atoms with Gasteiger partial charge in [-0.3, -0.25) is 0 Å². The largest absolute Gasteiger partial charge is 1.00 e. The van der Waals surface area contributed by atoms with E-state index >= 15 is 0 Å². The molecule has 0 aliphatic rings. The predicted octanol–water partition coefficient (Wildman–Crippen LogP) is -12.5. The molecule has 0 aliphatic carbocycles. The van der Waals surface area contributed by atoms with Crippen LogP contribution < -0.4 is 123 Å². The van der Waals surface area contributed by atoms with Gasteiger partial charge in [0.2, 0.25) is 24.0 Å². The summed E-state index contributed by atoms with van der Waals surface area (Å²) >= 11 is 0. The van der Waals surface area contributed by atoms with Crippen molar-refractivity contribution in [1.82, 2.24) is 0 Å². The topological polar surface area (TPSA) is 20.2 Å². The first-order chi connectivity index (χ1) is 1.41. The van der Waals surface area contributed by atoms with Gasteiger partial charge >= 0.3 is 51.4 Å². The predicted molar refractivity (Wildman–Crippen MR) is 15.5 cm³/mol. The van der Waals surface area contributed by atoms with E-state index in [0.717, 1.165) is 0 Å². The van der Waals surface area contributed by atoms with Crippen LogP contribution in [0.25, 0.3) is 0 Å². The van der Waals surface area contributed by atoms with E-state index in [9.17, 15) is 0 Å². The molecular weight excluding hydrogens is 460 g/mol. The molecule has 0 heterocycles. The molecule has 0 fully saturated rings. The number of halogens is 3. The molecule has 0 bridgehead atoms. The molecule has 0 rings (SSSR count). The van der Waals surface area contributed by atoms with E-state index in [-0.39, 0.29) is 130 Å². The normalized spacial score (nSPS) is 2.57. The monoisotopic (exact) mass is 468 g/mol. The summed E-state index contributed by atoms with van der Waals surface area (Å²) in [6, 6.07) is 0. The van der Waals surface area contributed by atoms with Gasteiger partial charge in [0.05, 0.1) is 0 Å². The van der Waals surface area contributed by atoms with Gasteiger partial charge in [-0.15, -0.1) is 0 Å². The Labute approximate surface area is 138 Å². The van der Waals surface area contributed by atoms with Crippen LogP contribution in [0.2, 0.25) is 0 Å². The molecule has 0 spiro atoms. The zero-order chi connectivity index (χ0) is 2.71. The number of rotatable bonds is 0. The third-order valence-electron chi connectivity index (χ3n) is 0. The third kappa shape index (κ3) is 41.4. The summed E-state index contributed by atoms with van der Waals surface area (Å²) in [6.07, 6.45) is 0. The Morgan fingerprint density at radius 1 is 1.29 bits per heavy atom. The van der Waals surface area contributed by atoms with Crippen molar-refractivity contribution in [2.75, 3.05) is 6.61 Å². The van der Waals surface area contributed by atoms with Gasteiger partial charge in [0.25, 0.3) is 0 Å². The molecule has 0 aliphatic heterocycles. The van der Waals surface area contributed by atoms with Crippen molar-refractivity contribution in [3.63, 3.8) is 0 Å². The molecule has 0 aromatic heterocycles. The quantitative estimate of drug-likeness (QED) is 0.277. The smallest absolute Gasteiger partial charge is 1.00 e. The van der Waals surface area contributed by atoms with Crippen molar-refractivity contribution in [2.24, 2.45) is 0 Å². The fourth-order valence-corrected chi connectivity index (χ4v) is 0. The molecule has 0 aromatic carbocycles. The van der Waals surface area contributed by atoms with Crippen LogP contribution in [0.4, 0.5) is 0 Å². The van der Waals surface area contributed by atoms with Gasteiger partial charge in [-0.1, -0.05) is 0 Å². The first kappa shape index (κ1) is 30.9. The van der Waals surface area contributed by atoms with Crippen molar-refractivity contribution in [3.05, 3.63) is 0 Å². The summed E-state index contributed by atoms with van der Waals surface area (Å²) in [5.41, 5.74) is 0. The maximum absolute atomic E-state index is 7.57. The molecule has 0 unspecified atom stereocenters. The molecule has 1 N–H and O–H groups in total. The van der Waals surface area contributed by atoms with E-state index in [1.165, 1.54) is 0 Å². The van der Waals surface area contributed by atoms with Crippen molar-refractivity contribution >= 4 is 0 Å². The molecule has 0 radical (unpaired) electrons. The zero-order valence-corrected chi connectivity index (χ0v) is 14.3. The van der Waals surface area contributed by atoms with Gasteiger partial charge < -0.3 is 53.1 Å². The van der Waals surface area contributed by atoms with Gasteiger partial charge in [0.1, 0.15) is 0 Å². The van der Waals surface area contributed by atoms with Crippen molar-refractivity contribution in [2.45, 2.75) is 6.92 Å². The first-order valence-corrected chi connectivity index (χ1v) is 1.02. The van der Waals surface area contributed by atoms with Crippen LogP contribution in [0.5, 0.6) is 0 Å². The second kappa shape index (κ2) is 33.0. The molecule has 1 nitrogen and oxygen atoms in total. The van der Waals surface area contributed by atoms with Gasteiger partial charge in [-0.2, -0.15) is 0 Å². The molecule has 0 amide bonds. The van der Waals surface area contributed by atoms with Gasteiger partial charge in [0.15, 0.2) is 0 Å². The number of aliphatic hydroxyl groups excluding tert-OH is 1. The Hall–Kier alpha value is 3.79. The Morgan fingerprint density at radius 3 is 1.29 bits per heavy atom. The standard InChI is InChI=1S/C2H6O.H2I.2HI.K/c1-2-3;;;;/h3H,2H2,1H3;1H2;2*1H;/q;+1;;;+1/p-2. The van der Waals surface area contributed by atoms with Crippen LogP contribution >= 0.6 is 0 Å². The van der Waals surface area contributed by atoms with Crippen LogP contribution in [-0.2, 0) is 0 Å². The molecule has 0 saturated heterocycles. The molecule has 0 aromatic rings. The molecular formula is C2H8I3KO. The Kier molecular flexibility index (Phi) is 145. The minimum absolute atomic E-state index is 0. The van der Waals surface area contributed by atoms with E-state index in [1.807, 2.05) is 0 Å². The van der Waals surface area contributed by atoms with Gasteiger partial charge in [-0.05, 0) is 6.92 Å². The first-order valence-electron chi connectivity index (χ1n) is 1.02. The third-order valence-corrected chi connectivity index (χ3v) is 0. The average Bonchev–Trinajstić information content (AvgIpc) is 0.918. The fraction of sp³-hybridized carbons (Fsp3) is 1.00. The minimum Gasteiger partial charge on any atom is -1.00 e. The van der Waals surface area contributed by atoms with Crippen molar-refractivity contribution < 1.29 is 128 Å². The summed E-state index contributed by atoms with van der Waals surface area (Å²) < 4.78 is 0. The average molecular weight is 468 g/mol. The second-order valence-corrected chi connectivity index (χ2v) is 0.316. The maximum Gasteiger partial charge on any atom is 1.00 e. The van der Waals surface area contributed by atoms with Crippen LogP contribution in [0, 0.1) is 0 Å². The molecule has 0 atom stereocenters. The van der Waals surface area contributed by atoms with E-state index in [0.29, 0.717) is 0 Å². The SMILES string of the molecule is CCO.[I-].[I-].[IH2+].[K+]. The van der Waals surface area contributed by atoms with Crippen molar-refractivity contribution in [1.29, 1.82) is 0 Å². The Balaban J connectivity index is -0.00000000333. The van der Waals surface area contributed by atoms with Crippen molar-refractivity contribution in [3.8, 4) is 0 Å². The molecule has 0 saturated carbocycles. The van der Waals surface area contributed by atoms with Gasteiger partial charge in [-0.25, -0.2) is 0 Å². The number of hydrogen-bond donors (Lipinski definition) is 1. The fourth-order valence-electron chi connectivity index (χ4n) is 0. The summed E-state index contributed by atoms with van der Waals surface area (Å²) in [4.78, 5) is 0. The summed E-state index contributed by atoms with van der Waals surface area (Å²) in [6.45, 7) is 1.93. The number of hydrogen-bond acceptors (Lipinski definition) is 1. The summed E-state index contributed by atoms with van der Waals surface area (Å²) in [7, 11) is 0. The molecule has 44 valence electrons. The summed E-state index contributed by atoms with van der Waals surface area (Å²) in [5.74, 6) is 0. The van der Waals surface area contributed by atoms with Crippen LogP contribution in [0.1, 0.15) is 6.92 Å². The van der Waals surface area contributed by atoms with Crippen LogP contribution in [0.3, 0.4) is 0 Å². The van der Waals surface area contributed by atoms with Gasteiger partial charge in [0, 0.05) is 6.61 Å². The molecule has 5 heteroatoms. The zero-order valence-electron chi connectivity index (χ0n) is 4.36. The molecule has 7 heavy (non-hydrogen) atoms. The van der Waals surface area contributed by atoms with E-state index in [1.54, 1.807) is 6.92 Å². The van der Waals surface area contributed by atoms with E-state index in [4.69, 9.17) is 5.11 Å². The van der Waals surface area contributed by atoms with Crippen LogP contribution in [0.15, 0.2) is 0 Å². The number of aliphatic hydroxyl groups is 1. The maximum atomic E-state index is 7.57. The minimum atomic E-state index is 0. The van der Waals surface area contributed by atoms with Crippen LogP contribution in [-0.4, -0.2) is 11.7 Å². The second-order valence-electron chi connectivity index (χ2n) is 0.316. The Morgan fingerprint density at radius 2 is 1.29 bits per heavy atom. The van der Waals surface area contributed by atoms with E-state index in [2.05, 4.69) is 0 Å². The summed E-state index contributed by atoms with van der Waals surface area (Å²) in [5, 5.41) is 7.57. The Bertz CT molecular complexity index is 12.9. The van der Waals surface area contributed by atoms with E-state index < -0.39 is 0 Å².